The van der Waals surface area contributed by atoms with E-state index in [0.29, 0.717) is 0 Å². The maximum atomic E-state index is 8.16. The fourth-order valence-corrected chi connectivity index (χ4v) is 0. The minimum absolute atomic E-state index is 1.05. The summed E-state index contributed by atoms with van der Waals surface area (Å²) in [6, 6.07) is 0. The predicted molar refractivity (Wildman–Crippen MR) is 34.5 cm³/mol. The van der Waals surface area contributed by atoms with E-state index in [1.807, 2.05) is 0 Å². The van der Waals surface area contributed by atoms with Gasteiger partial charge in [0.15, 0.2) is 0 Å². The molecule has 32 valence electrons. The lowest BCUT2D eigenvalue weighted by atomic mass is 15.9. The second kappa shape index (κ2) is 3.50. The number of thiol groups is 1. The molecule has 5 heteroatoms. The molecular formula is H3OPS3. The van der Waals surface area contributed by atoms with Gasteiger partial charge >= 0.3 is 0 Å². The van der Waals surface area contributed by atoms with Gasteiger partial charge in [-0.25, -0.2) is 0 Å². The zero-order valence-electron chi connectivity index (χ0n) is 2.21. The summed E-state index contributed by atoms with van der Waals surface area (Å²) in [6.07, 6.45) is -1.51. The highest BCUT2D eigenvalue weighted by molar-refractivity contribution is 8.95. The molecule has 0 saturated carbocycles. The van der Waals surface area contributed by atoms with Crippen LogP contribution in [0.5, 0.6) is 0 Å². The van der Waals surface area contributed by atoms with E-state index in [4.69, 9.17) is 4.89 Å². The van der Waals surface area contributed by atoms with Crippen molar-refractivity contribution < 1.29 is 4.89 Å². The van der Waals surface area contributed by atoms with E-state index in [2.05, 4.69) is 23.5 Å². The summed E-state index contributed by atoms with van der Waals surface area (Å²) in [7, 11) is 1.05. The van der Waals surface area contributed by atoms with Crippen LogP contribution in [-0.2, 0) is 11.8 Å². The molecule has 1 atom stereocenters. The Morgan fingerprint density at radius 1 is 2.00 bits per heavy atom. The first-order valence-electron chi connectivity index (χ1n) is 0.814. The molecule has 0 bridgehead atoms. The van der Waals surface area contributed by atoms with Crippen LogP contribution in [0, 0.1) is 0 Å². The van der Waals surface area contributed by atoms with Crippen LogP contribution in [-0.4, -0.2) is 4.89 Å². The van der Waals surface area contributed by atoms with Crippen molar-refractivity contribution in [3.63, 3.8) is 0 Å². The standard InChI is InChI=1S/H3OPS3/c1-2(3)5-4/h2,4H,(H,1,3). The molecule has 1 nitrogen and oxygen atoms in total. The van der Waals surface area contributed by atoms with Gasteiger partial charge in [0.05, 0.1) is 0 Å². The van der Waals surface area contributed by atoms with Crippen LogP contribution in [0.3, 0.4) is 0 Å². The van der Waals surface area contributed by atoms with E-state index in [0.717, 1.165) is 10.4 Å². The molecule has 1 unspecified atom stereocenters. The van der Waals surface area contributed by atoms with Crippen LogP contribution >= 0.6 is 28.2 Å². The minimum atomic E-state index is -1.51. The van der Waals surface area contributed by atoms with Gasteiger partial charge in [-0.1, -0.05) is 11.8 Å². The molecule has 0 heterocycles. The Hall–Kier alpha value is 1.31. The third kappa shape index (κ3) is 5.31. The number of hydrogen-bond acceptors (Lipinski definition) is 3. The average molecular weight is 146 g/mol. The van der Waals surface area contributed by atoms with Crippen molar-refractivity contribution in [3.8, 4) is 0 Å². The highest BCUT2D eigenvalue weighted by atomic mass is 33.4. The molecule has 5 heavy (non-hydrogen) atoms. The Labute approximate surface area is 45.2 Å². The summed E-state index contributed by atoms with van der Waals surface area (Å²) in [4.78, 5) is 8.16. The van der Waals surface area contributed by atoms with Crippen LogP contribution in [0.4, 0.5) is 0 Å². The lowest BCUT2D eigenvalue weighted by molar-refractivity contribution is 0.658. The van der Waals surface area contributed by atoms with Crippen LogP contribution in [0.2, 0.25) is 0 Å². The maximum absolute atomic E-state index is 8.16. The van der Waals surface area contributed by atoms with Gasteiger partial charge in [0, 0.05) is 0 Å². The van der Waals surface area contributed by atoms with Gasteiger partial charge < -0.3 is 4.89 Å². The second-order valence-corrected chi connectivity index (χ2v) is 6.36. The molecule has 0 aliphatic rings. The van der Waals surface area contributed by atoms with E-state index >= 15 is 0 Å². The van der Waals surface area contributed by atoms with E-state index < -0.39 is 6.13 Å². The van der Waals surface area contributed by atoms with Crippen molar-refractivity contribution in [3.05, 3.63) is 0 Å². The van der Waals surface area contributed by atoms with E-state index in [1.165, 1.54) is 0 Å². The monoisotopic (exact) mass is 146 g/mol. The minimum Gasteiger partial charge on any atom is -0.359 e. The molecule has 1 N–H and O–H groups in total. The predicted octanol–water partition coefficient (Wildman–Crippen LogP) is 1.06. The van der Waals surface area contributed by atoms with Crippen LogP contribution in [0.1, 0.15) is 0 Å². The van der Waals surface area contributed by atoms with Crippen molar-refractivity contribution in [2.24, 2.45) is 0 Å². The molecule has 0 saturated heterocycles. The van der Waals surface area contributed by atoms with Crippen LogP contribution < -0.4 is 0 Å². The van der Waals surface area contributed by atoms with Crippen LogP contribution in [0.15, 0.2) is 0 Å². The van der Waals surface area contributed by atoms with Crippen molar-refractivity contribution in [2.75, 3.05) is 0 Å². The van der Waals surface area contributed by atoms with Gasteiger partial charge in [0.1, 0.15) is 6.13 Å². The summed E-state index contributed by atoms with van der Waals surface area (Å²) >= 11 is 7.95. The first kappa shape index (κ1) is 6.31. The van der Waals surface area contributed by atoms with Gasteiger partial charge in [-0.05, 0) is 10.4 Å². The first-order chi connectivity index (χ1) is 2.27. The second-order valence-electron chi connectivity index (χ2n) is 0.357. The third-order valence-electron chi connectivity index (χ3n) is 0.0781. The molecule has 0 radical (unpaired) electrons. The summed E-state index contributed by atoms with van der Waals surface area (Å²) < 4.78 is 0. The Morgan fingerprint density at radius 3 is 2.20 bits per heavy atom. The van der Waals surface area contributed by atoms with Crippen molar-refractivity contribution in [2.45, 2.75) is 0 Å². The molecule has 0 fully saturated rings. The molecule has 0 aliphatic heterocycles. The number of hydrogen-bond donors (Lipinski definition) is 2. The topological polar surface area (TPSA) is 20.2 Å². The van der Waals surface area contributed by atoms with Crippen molar-refractivity contribution >= 4 is 40.0 Å². The van der Waals surface area contributed by atoms with Gasteiger partial charge in [0.25, 0.3) is 0 Å². The summed E-state index contributed by atoms with van der Waals surface area (Å²) in [5.41, 5.74) is 0. The molecule has 0 aromatic carbocycles. The SMILES string of the molecule is O[PH](=S)SS. The lowest BCUT2D eigenvalue weighted by Crippen LogP contribution is -1.27. The molecule has 0 rings (SSSR count). The summed E-state index contributed by atoms with van der Waals surface area (Å²) in [5, 5.41) is 0. The smallest absolute Gasteiger partial charge is 0.114 e. The van der Waals surface area contributed by atoms with E-state index in [1.54, 1.807) is 0 Å². The zero-order chi connectivity index (χ0) is 4.28. The van der Waals surface area contributed by atoms with Crippen LogP contribution in [0.25, 0.3) is 0 Å². The highest BCUT2D eigenvalue weighted by Crippen LogP contribution is 2.35. The average Bonchev–Trinajstić information content (AvgIpc) is 1.38. The summed E-state index contributed by atoms with van der Waals surface area (Å²) in [6.45, 7) is 0. The highest BCUT2D eigenvalue weighted by Gasteiger charge is 1.71. The Kier molecular flexibility index (Phi) is 4.41. The van der Waals surface area contributed by atoms with Gasteiger partial charge in [-0.3, -0.25) is 0 Å². The zero-order valence-corrected chi connectivity index (χ0v) is 5.74. The van der Waals surface area contributed by atoms with Crippen molar-refractivity contribution in [1.29, 1.82) is 0 Å². The molecule has 0 aromatic rings. The molecule has 0 aromatic heterocycles. The molecule has 0 amide bonds. The van der Waals surface area contributed by atoms with Gasteiger partial charge in [0.2, 0.25) is 0 Å². The largest absolute Gasteiger partial charge is 0.359 e. The third-order valence-corrected chi connectivity index (χ3v) is 4.12. The van der Waals surface area contributed by atoms with E-state index in [-0.39, 0.29) is 0 Å². The fourth-order valence-electron chi connectivity index (χ4n) is 0. The maximum Gasteiger partial charge on any atom is 0.114 e. The molecule has 0 aliphatic carbocycles. The lowest BCUT2D eigenvalue weighted by Gasteiger charge is -1.77. The Balaban J connectivity index is 2.85. The van der Waals surface area contributed by atoms with E-state index in [9.17, 15) is 0 Å². The molecular weight excluding hydrogens is 143 g/mol. The summed E-state index contributed by atoms with van der Waals surface area (Å²) in [5.74, 6) is 0. The van der Waals surface area contributed by atoms with Gasteiger partial charge in [-0.15, -0.1) is 11.7 Å². The van der Waals surface area contributed by atoms with Crippen molar-refractivity contribution in [1.82, 2.24) is 0 Å². The molecule has 0 spiro atoms. The van der Waals surface area contributed by atoms with Gasteiger partial charge in [-0.2, -0.15) is 0 Å². The Bertz CT molecular complexity index is 42.2. The number of rotatable bonds is 1. The fraction of sp³-hybridized carbons (Fsp3) is 0. The quantitative estimate of drug-likeness (QED) is 0.328. The Morgan fingerprint density at radius 2 is 2.20 bits per heavy atom. The normalized spacial score (nSPS) is 14.8. The first-order valence-corrected chi connectivity index (χ1v) is 5.99.